The zero-order valence-corrected chi connectivity index (χ0v) is 12.2. The summed E-state index contributed by atoms with van der Waals surface area (Å²) in [6.07, 6.45) is 0.643. The number of rotatable bonds is 4. The van der Waals surface area contributed by atoms with Crippen molar-refractivity contribution in [3.05, 3.63) is 5.82 Å². The number of aromatic nitrogens is 2. The Hall–Kier alpha value is -0.720. The van der Waals surface area contributed by atoms with E-state index >= 15 is 0 Å². The summed E-state index contributed by atoms with van der Waals surface area (Å²) in [5, 5.41) is 10.5. The third-order valence-electron chi connectivity index (χ3n) is 3.25. The van der Waals surface area contributed by atoms with Crippen LogP contribution in [0, 0.1) is 0 Å². The van der Waals surface area contributed by atoms with Gasteiger partial charge in [-0.25, -0.2) is 4.98 Å². The predicted molar refractivity (Wildman–Crippen MR) is 74.2 cm³/mol. The summed E-state index contributed by atoms with van der Waals surface area (Å²) in [7, 11) is 0. The van der Waals surface area contributed by atoms with Gasteiger partial charge >= 0.3 is 0 Å². The molecule has 1 aromatic rings. The Bertz CT molecular complexity index is 382. The Labute approximate surface area is 113 Å². The minimum absolute atomic E-state index is 0.253. The monoisotopic (exact) mass is 270 g/mol. The highest BCUT2D eigenvalue weighted by atomic mass is 32.1. The molecule has 1 aromatic heterocycles. The van der Waals surface area contributed by atoms with Crippen LogP contribution in [0.15, 0.2) is 0 Å². The van der Waals surface area contributed by atoms with E-state index in [1.54, 1.807) is 0 Å². The zero-order valence-electron chi connectivity index (χ0n) is 11.3. The molecule has 5 nitrogen and oxygen atoms in total. The molecule has 0 aromatic carbocycles. The molecule has 0 radical (unpaired) electrons. The molecule has 1 aliphatic heterocycles. The third kappa shape index (κ3) is 3.18. The molecule has 0 bridgehead atoms. The lowest BCUT2D eigenvalue weighted by Gasteiger charge is -2.39. The molecule has 6 heteroatoms. The molecule has 0 aliphatic carbocycles. The Kier molecular flexibility index (Phi) is 4.53. The average Bonchev–Trinajstić information content (AvgIpc) is 2.76. The van der Waals surface area contributed by atoms with Crippen LogP contribution in [-0.4, -0.2) is 57.7 Å². The minimum atomic E-state index is -0.253. The summed E-state index contributed by atoms with van der Waals surface area (Å²) in [6.45, 7) is 9.81. The Balaban J connectivity index is 1.96. The van der Waals surface area contributed by atoms with E-state index in [0.717, 1.165) is 43.6 Å². The molecule has 2 heterocycles. The van der Waals surface area contributed by atoms with Gasteiger partial charge in [-0.3, -0.25) is 4.90 Å². The molecule has 0 amide bonds. The number of β-amino-alcohol motifs (C(OH)–C–C–N with tert-alkyl or cyclic N) is 1. The number of nitrogens with zero attached hydrogens (tertiary/aromatic N) is 4. The highest BCUT2D eigenvalue weighted by Gasteiger charge is 2.26. The van der Waals surface area contributed by atoms with E-state index in [1.807, 2.05) is 6.92 Å². The first-order chi connectivity index (χ1) is 8.60. The number of aliphatic hydroxyl groups excluding tert-OH is 1. The topological polar surface area (TPSA) is 52.5 Å². The van der Waals surface area contributed by atoms with Crippen molar-refractivity contribution in [3.8, 4) is 0 Å². The Morgan fingerprint density at radius 1 is 1.50 bits per heavy atom. The standard InChI is InChI=1S/C12H22N4OS/c1-4-11-13-12(18-14-11)16-6-5-15(7-9(16)2)8-10(3)17/h9-10,17H,4-8H2,1-3H3. The van der Waals surface area contributed by atoms with Crippen molar-refractivity contribution in [1.29, 1.82) is 0 Å². The molecular formula is C12H22N4OS. The first kappa shape index (κ1) is 13.7. The highest BCUT2D eigenvalue weighted by molar-refractivity contribution is 7.09. The van der Waals surface area contributed by atoms with Gasteiger partial charge in [0.1, 0.15) is 5.82 Å². The van der Waals surface area contributed by atoms with Gasteiger partial charge in [-0.2, -0.15) is 4.37 Å². The van der Waals surface area contributed by atoms with E-state index in [2.05, 4.69) is 33.0 Å². The quantitative estimate of drug-likeness (QED) is 0.884. The molecule has 2 rings (SSSR count). The Morgan fingerprint density at radius 3 is 2.83 bits per heavy atom. The highest BCUT2D eigenvalue weighted by Crippen LogP contribution is 2.22. The third-order valence-corrected chi connectivity index (χ3v) is 4.04. The van der Waals surface area contributed by atoms with Crippen LogP contribution in [0.2, 0.25) is 0 Å². The molecule has 2 unspecified atom stereocenters. The maximum Gasteiger partial charge on any atom is 0.205 e. The fourth-order valence-corrected chi connectivity index (χ4v) is 3.24. The van der Waals surface area contributed by atoms with E-state index < -0.39 is 0 Å². The second kappa shape index (κ2) is 5.95. The number of hydrogen-bond acceptors (Lipinski definition) is 6. The number of aliphatic hydroxyl groups is 1. The van der Waals surface area contributed by atoms with Crippen molar-refractivity contribution in [1.82, 2.24) is 14.3 Å². The lowest BCUT2D eigenvalue weighted by atomic mass is 10.2. The molecule has 2 atom stereocenters. The van der Waals surface area contributed by atoms with Gasteiger partial charge in [0.2, 0.25) is 5.13 Å². The molecule has 18 heavy (non-hydrogen) atoms. The summed E-state index contributed by atoms with van der Waals surface area (Å²) < 4.78 is 4.35. The van der Waals surface area contributed by atoms with Crippen LogP contribution in [0.3, 0.4) is 0 Å². The van der Waals surface area contributed by atoms with E-state index in [1.165, 1.54) is 11.5 Å². The number of aryl methyl sites for hydroxylation is 1. The van der Waals surface area contributed by atoms with Gasteiger partial charge in [-0.05, 0) is 13.8 Å². The zero-order chi connectivity index (χ0) is 13.1. The molecular weight excluding hydrogens is 248 g/mol. The van der Waals surface area contributed by atoms with Crippen molar-refractivity contribution >= 4 is 16.7 Å². The number of hydrogen-bond donors (Lipinski definition) is 1. The summed E-state index contributed by atoms with van der Waals surface area (Å²) >= 11 is 1.50. The lowest BCUT2D eigenvalue weighted by Crippen LogP contribution is -2.53. The van der Waals surface area contributed by atoms with E-state index in [9.17, 15) is 5.11 Å². The largest absolute Gasteiger partial charge is 0.392 e. The van der Waals surface area contributed by atoms with Crippen LogP contribution < -0.4 is 4.90 Å². The first-order valence-corrected chi connectivity index (χ1v) is 7.37. The van der Waals surface area contributed by atoms with Crippen LogP contribution in [0.1, 0.15) is 26.6 Å². The van der Waals surface area contributed by atoms with E-state index in [0.29, 0.717) is 6.04 Å². The van der Waals surface area contributed by atoms with Gasteiger partial charge in [0.25, 0.3) is 0 Å². The van der Waals surface area contributed by atoms with Crippen molar-refractivity contribution in [2.24, 2.45) is 0 Å². The van der Waals surface area contributed by atoms with E-state index in [-0.39, 0.29) is 6.10 Å². The van der Waals surface area contributed by atoms with Gasteiger partial charge in [-0.15, -0.1) is 0 Å². The van der Waals surface area contributed by atoms with Crippen molar-refractivity contribution < 1.29 is 5.11 Å². The molecule has 1 aliphatic rings. The lowest BCUT2D eigenvalue weighted by molar-refractivity contribution is 0.115. The Morgan fingerprint density at radius 2 is 2.28 bits per heavy atom. The molecule has 1 N–H and O–H groups in total. The summed E-state index contributed by atoms with van der Waals surface area (Å²) in [6, 6.07) is 0.426. The van der Waals surface area contributed by atoms with Crippen LogP contribution in [-0.2, 0) is 6.42 Å². The average molecular weight is 270 g/mol. The van der Waals surface area contributed by atoms with E-state index in [4.69, 9.17) is 0 Å². The minimum Gasteiger partial charge on any atom is -0.392 e. The van der Waals surface area contributed by atoms with Gasteiger partial charge in [-0.1, -0.05) is 6.92 Å². The fraction of sp³-hybridized carbons (Fsp3) is 0.833. The summed E-state index contributed by atoms with van der Waals surface area (Å²) in [5.74, 6) is 0.939. The SMILES string of the molecule is CCc1nsc(N2CCN(CC(C)O)CC2C)n1. The normalized spacial score (nSPS) is 23.3. The second-order valence-electron chi connectivity index (χ2n) is 5.00. The smallest absolute Gasteiger partial charge is 0.205 e. The predicted octanol–water partition coefficient (Wildman–Crippen LogP) is 0.992. The van der Waals surface area contributed by atoms with Crippen LogP contribution in [0.4, 0.5) is 5.13 Å². The molecule has 102 valence electrons. The van der Waals surface area contributed by atoms with Crippen molar-refractivity contribution in [2.75, 3.05) is 31.1 Å². The van der Waals surface area contributed by atoms with Crippen LogP contribution in [0.25, 0.3) is 0 Å². The maximum atomic E-state index is 9.43. The van der Waals surface area contributed by atoms with Crippen LogP contribution in [0.5, 0.6) is 0 Å². The van der Waals surface area contributed by atoms with Crippen LogP contribution >= 0.6 is 11.5 Å². The van der Waals surface area contributed by atoms with Gasteiger partial charge in [0.05, 0.1) is 6.10 Å². The second-order valence-corrected chi connectivity index (χ2v) is 5.73. The van der Waals surface area contributed by atoms with Crippen molar-refractivity contribution in [2.45, 2.75) is 39.3 Å². The molecule has 0 saturated carbocycles. The molecule has 0 spiro atoms. The molecule has 1 fully saturated rings. The number of anilines is 1. The fourth-order valence-electron chi connectivity index (χ4n) is 2.36. The summed E-state index contributed by atoms with van der Waals surface area (Å²) in [4.78, 5) is 9.20. The number of piperazine rings is 1. The van der Waals surface area contributed by atoms with Gasteiger partial charge in [0.15, 0.2) is 0 Å². The van der Waals surface area contributed by atoms with Gasteiger partial charge < -0.3 is 10.0 Å². The molecule has 1 saturated heterocycles. The first-order valence-electron chi connectivity index (χ1n) is 6.59. The van der Waals surface area contributed by atoms with Crippen molar-refractivity contribution in [3.63, 3.8) is 0 Å². The van der Waals surface area contributed by atoms with Gasteiger partial charge in [0, 0.05) is 50.2 Å². The summed E-state index contributed by atoms with van der Waals surface area (Å²) in [5.41, 5.74) is 0. The maximum absolute atomic E-state index is 9.43.